The maximum atomic E-state index is 13.0. The number of amides is 3. The van der Waals surface area contributed by atoms with E-state index in [1.165, 1.54) is 12.8 Å². The molecule has 1 aromatic heterocycles. The van der Waals surface area contributed by atoms with Crippen LogP contribution in [0.5, 0.6) is 0 Å². The van der Waals surface area contributed by atoms with Crippen LogP contribution in [0, 0.1) is 66.6 Å². The number of nitrogens with zero attached hydrogens (tertiary/aromatic N) is 5. The lowest BCUT2D eigenvalue weighted by Crippen LogP contribution is -2.52. The number of fused-ring (bicyclic) bond motifs is 1. The van der Waals surface area contributed by atoms with E-state index in [1.807, 2.05) is 35.0 Å². The maximum Gasteiger partial charge on any atom is 0.255 e. The van der Waals surface area contributed by atoms with Crippen molar-refractivity contribution in [2.45, 2.75) is 71.5 Å². The summed E-state index contributed by atoms with van der Waals surface area (Å²) in [6.07, 6.45) is 5.29. The van der Waals surface area contributed by atoms with Crippen LogP contribution in [-0.2, 0) is 22.7 Å². The first-order chi connectivity index (χ1) is 27.1. The van der Waals surface area contributed by atoms with Gasteiger partial charge in [-0.05, 0) is 111 Å². The van der Waals surface area contributed by atoms with Crippen LogP contribution in [0.2, 0.25) is 5.02 Å². The Kier molecular flexibility index (Phi) is 10.5. The number of hydrogen-bond donors (Lipinski definition) is 1. The fourth-order valence-electron chi connectivity index (χ4n) is 8.37. The van der Waals surface area contributed by atoms with Crippen LogP contribution in [0.1, 0.15) is 88.0 Å². The molecule has 0 radical (unpaired) electrons. The van der Waals surface area contributed by atoms with Crippen LogP contribution >= 0.6 is 11.6 Å². The van der Waals surface area contributed by atoms with E-state index in [-0.39, 0.29) is 18.2 Å². The molecule has 56 heavy (non-hydrogen) atoms. The van der Waals surface area contributed by atoms with Gasteiger partial charge in [0, 0.05) is 72.4 Å². The molecule has 2 saturated heterocycles. The Balaban J connectivity index is 0.773. The number of aromatic nitrogens is 2. The number of imide groups is 1. The first-order valence-corrected chi connectivity index (χ1v) is 19.9. The van der Waals surface area contributed by atoms with Crippen molar-refractivity contribution in [3.8, 4) is 41.0 Å². The Morgan fingerprint density at radius 3 is 2.34 bits per heavy atom. The molecule has 3 aliphatic heterocycles. The van der Waals surface area contributed by atoms with Gasteiger partial charge < -0.3 is 9.80 Å². The van der Waals surface area contributed by atoms with Crippen molar-refractivity contribution in [3.63, 3.8) is 0 Å². The Labute approximate surface area is 333 Å². The van der Waals surface area contributed by atoms with Gasteiger partial charge in [0.2, 0.25) is 11.8 Å². The second-order valence-electron chi connectivity index (χ2n) is 15.7. The summed E-state index contributed by atoms with van der Waals surface area (Å²) in [4.78, 5) is 41.0. The molecule has 0 bridgehead atoms. The number of nitriles is 1. The van der Waals surface area contributed by atoms with Gasteiger partial charge in [-0.15, -0.1) is 0 Å². The van der Waals surface area contributed by atoms with Crippen molar-refractivity contribution >= 4 is 29.3 Å². The third-order valence-electron chi connectivity index (χ3n) is 11.8. The molecule has 4 heterocycles. The van der Waals surface area contributed by atoms with Gasteiger partial charge in [-0.3, -0.25) is 24.4 Å². The summed E-state index contributed by atoms with van der Waals surface area (Å²) >= 11 is 6.30. The topological polar surface area (TPSA) is 111 Å². The summed E-state index contributed by atoms with van der Waals surface area (Å²) in [5.41, 5.74) is 9.01. The first-order valence-electron chi connectivity index (χ1n) is 19.5. The molecule has 4 aliphatic rings. The van der Waals surface area contributed by atoms with Crippen molar-refractivity contribution < 1.29 is 14.4 Å². The minimum absolute atomic E-state index is 0.160. The average molecular weight is 763 g/mol. The molecular formula is C46H43ClN6O3. The van der Waals surface area contributed by atoms with E-state index in [0.717, 1.165) is 77.2 Å². The highest BCUT2D eigenvalue weighted by molar-refractivity contribution is 6.32. The fourth-order valence-corrected chi connectivity index (χ4v) is 8.59. The number of hydrogen-bond acceptors (Lipinski definition) is 6. The lowest BCUT2D eigenvalue weighted by atomic mass is 9.81. The highest BCUT2D eigenvalue weighted by atomic mass is 35.5. The summed E-state index contributed by atoms with van der Waals surface area (Å²) in [5.74, 6) is 14.4. The third-order valence-corrected chi connectivity index (χ3v) is 12.2. The van der Waals surface area contributed by atoms with Gasteiger partial charge in [-0.25, -0.2) is 0 Å². The van der Waals surface area contributed by atoms with E-state index in [1.54, 1.807) is 11.0 Å². The Bertz CT molecular complexity index is 2390. The molecule has 10 heteroatoms. The minimum atomic E-state index is -0.607. The number of rotatable bonds is 6. The zero-order valence-electron chi connectivity index (χ0n) is 31.7. The monoisotopic (exact) mass is 762 g/mol. The van der Waals surface area contributed by atoms with Crippen molar-refractivity contribution in [2.75, 3.05) is 19.6 Å². The first kappa shape index (κ1) is 37.3. The van der Waals surface area contributed by atoms with Gasteiger partial charge in [0.25, 0.3) is 5.91 Å². The fraction of sp³-hybridized carbons (Fsp3) is 0.370. The van der Waals surface area contributed by atoms with Gasteiger partial charge in [0.05, 0.1) is 22.8 Å². The highest BCUT2D eigenvalue weighted by Gasteiger charge is 2.39. The SMILES string of the molecule is Cc1c(-c2ccc(C#N)c(Cl)c2)nn(Cc2ccc(C#CC3CCC(CN4CC(C#Cc5ccc6c(c5)CN(C5CCC(=O)NC5=O)C6=O)C4)CC3)cc2)c1C. The number of halogens is 1. The number of carbonyl (C=O) groups is 3. The molecule has 1 atom stereocenters. The van der Waals surface area contributed by atoms with Crippen LogP contribution in [0.4, 0.5) is 0 Å². The van der Waals surface area contributed by atoms with Gasteiger partial charge in [-0.1, -0.05) is 53.5 Å². The number of nitrogens with one attached hydrogen (secondary N) is 1. The lowest BCUT2D eigenvalue weighted by molar-refractivity contribution is -0.136. The highest BCUT2D eigenvalue weighted by Crippen LogP contribution is 2.32. The molecule has 1 N–H and O–H groups in total. The zero-order valence-corrected chi connectivity index (χ0v) is 32.5. The quantitative estimate of drug-likeness (QED) is 0.174. The summed E-state index contributed by atoms with van der Waals surface area (Å²) in [6, 6.07) is 21.1. The van der Waals surface area contributed by atoms with E-state index in [0.29, 0.717) is 53.4 Å². The summed E-state index contributed by atoms with van der Waals surface area (Å²) in [6.45, 7) is 8.26. The summed E-state index contributed by atoms with van der Waals surface area (Å²) in [5, 5.41) is 16.9. The molecule has 1 saturated carbocycles. The lowest BCUT2D eigenvalue weighted by Gasteiger charge is -2.40. The Hall–Kier alpha value is -5.66. The van der Waals surface area contributed by atoms with Crippen LogP contribution in [-0.4, -0.2) is 63.0 Å². The molecule has 9 nitrogen and oxygen atoms in total. The van der Waals surface area contributed by atoms with Gasteiger partial charge in [-0.2, -0.15) is 10.4 Å². The minimum Gasteiger partial charge on any atom is -0.322 e. The van der Waals surface area contributed by atoms with Gasteiger partial charge in [0.15, 0.2) is 0 Å². The van der Waals surface area contributed by atoms with Crippen molar-refractivity contribution in [2.24, 2.45) is 17.8 Å². The molecule has 3 amide bonds. The number of benzene rings is 3. The second-order valence-corrected chi connectivity index (χ2v) is 16.1. The van der Waals surface area contributed by atoms with E-state index in [4.69, 9.17) is 16.7 Å². The average Bonchev–Trinajstić information content (AvgIpc) is 3.65. The molecule has 0 spiro atoms. The van der Waals surface area contributed by atoms with Crippen LogP contribution in [0.15, 0.2) is 60.7 Å². The smallest absolute Gasteiger partial charge is 0.255 e. The predicted octanol–water partition coefficient (Wildman–Crippen LogP) is 6.64. The number of likely N-dealkylation sites (tertiary alicyclic amines) is 1. The number of carbonyl (C=O) groups excluding carboxylic acids is 3. The molecule has 8 rings (SSSR count). The molecule has 282 valence electrons. The van der Waals surface area contributed by atoms with E-state index in [2.05, 4.69) is 78.1 Å². The van der Waals surface area contributed by atoms with Crippen LogP contribution in [0.3, 0.4) is 0 Å². The largest absolute Gasteiger partial charge is 0.322 e. The van der Waals surface area contributed by atoms with Crippen LogP contribution < -0.4 is 5.32 Å². The molecule has 3 aromatic carbocycles. The summed E-state index contributed by atoms with van der Waals surface area (Å²) in [7, 11) is 0. The third kappa shape index (κ3) is 7.87. The predicted molar refractivity (Wildman–Crippen MR) is 214 cm³/mol. The van der Waals surface area contributed by atoms with Gasteiger partial charge in [0.1, 0.15) is 12.1 Å². The summed E-state index contributed by atoms with van der Waals surface area (Å²) < 4.78 is 2.02. The van der Waals surface area contributed by atoms with Gasteiger partial charge >= 0.3 is 0 Å². The Morgan fingerprint density at radius 2 is 1.61 bits per heavy atom. The van der Waals surface area contributed by atoms with Crippen molar-refractivity contribution in [1.82, 2.24) is 24.9 Å². The standard InChI is InChI=1S/C46H43ClN6O3/c1-29-30(2)53(50-44(29)37-16-17-38(23-48)41(47)22-37)27-35-12-7-32(8-13-35)4-3-31-5-10-34(11-6-31)24-51-25-36(26-51)14-9-33-15-18-40-39(21-33)28-52(46(40)56)42-19-20-43(54)49-45(42)55/h7-8,12-13,15-18,21-22,31,34,36,42H,5-6,10-11,19-20,24-28H2,1-2H3,(H,49,54,55). The van der Waals surface area contributed by atoms with Crippen molar-refractivity contribution in [1.29, 1.82) is 5.26 Å². The zero-order chi connectivity index (χ0) is 38.9. The molecular weight excluding hydrogens is 720 g/mol. The van der Waals surface area contributed by atoms with Crippen LogP contribution in [0.25, 0.3) is 11.3 Å². The number of piperidine rings is 1. The maximum absolute atomic E-state index is 13.0. The van der Waals surface area contributed by atoms with E-state index in [9.17, 15) is 19.6 Å². The molecule has 1 unspecified atom stereocenters. The van der Waals surface area contributed by atoms with E-state index >= 15 is 0 Å². The molecule has 4 aromatic rings. The normalized spacial score (nSPS) is 20.9. The second kappa shape index (κ2) is 15.8. The van der Waals surface area contributed by atoms with E-state index < -0.39 is 11.9 Å². The Morgan fingerprint density at radius 1 is 0.875 bits per heavy atom. The van der Waals surface area contributed by atoms with Crippen molar-refractivity contribution in [3.05, 3.63) is 110 Å². The molecule has 3 fully saturated rings. The molecule has 1 aliphatic carbocycles.